The van der Waals surface area contributed by atoms with Crippen molar-refractivity contribution in [3.05, 3.63) is 35.4 Å². The molecule has 0 heterocycles. The number of ether oxygens (including phenoxy) is 2. The van der Waals surface area contributed by atoms with Crippen molar-refractivity contribution in [3.8, 4) is 0 Å². The number of halogens is 4. The van der Waals surface area contributed by atoms with Crippen molar-refractivity contribution in [1.82, 2.24) is 10.6 Å². The second-order valence-corrected chi connectivity index (χ2v) is 6.65. The molecule has 1 fully saturated rings. The standard InChI is InChI=1S/C19H28F3N3O2.HI/c1-23-18(24-8-3-9-26-12-15-6-7-15)25-11-16-4-2-5-17(10-16)13-27-14-19(20,21)22;/h2,4-5,10,15H,3,6-9,11-14H2,1H3,(H2,23,24,25);1H. The van der Waals surface area contributed by atoms with Crippen LogP contribution in [0.2, 0.25) is 0 Å². The molecule has 0 bridgehead atoms. The summed E-state index contributed by atoms with van der Waals surface area (Å²) in [7, 11) is 1.69. The van der Waals surface area contributed by atoms with E-state index in [1.54, 1.807) is 19.2 Å². The van der Waals surface area contributed by atoms with E-state index in [0.29, 0.717) is 18.1 Å². The third-order valence-electron chi connectivity index (χ3n) is 4.02. The highest BCUT2D eigenvalue weighted by molar-refractivity contribution is 14.0. The fraction of sp³-hybridized carbons (Fsp3) is 0.632. The van der Waals surface area contributed by atoms with Gasteiger partial charge in [0, 0.05) is 33.4 Å². The molecule has 9 heteroatoms. The fourth-order valence-electron chi connectivity index (χ4n) is 2.44. The topological polar surface area (TPSA) is 54.9 Å². The van der Waals surface area contributed by atoms with E-state index in [1.807, 2.05) is 12.1 Å². The van der Waals surface area contributed by atoms with Crippen molar-refractivity contribution < 1.29 is 22.6 Å². The smallest absolute Gasteiger partial charge is 0.381 e. The second kappa shape index (κ2) is 13.2. The lowest BCUT2D eigenvalue weighted by atomic mass is 10.1. The quantitative estimate of drug-likeness (QED) is 0.204. The van der Waals surface area contributed by atoms with E-state index in [1.165, 1.54) is 12.8 Å². The van der Waals surface area contributed by atoms with Crippen LogP contribution in [0.15, 0.2) is 29.3 Å². The first-order valence-corrected chi connectivity index (χ1v) is 9.21. The summed E-state index contributed by atoms with van der Waals surface area (Å²) in [5.41, 5.74) is 1.65. The first kappa shape index (κ1) is 25.0. The molecule has 1 aliphatic carbocycles. The van der Waals surface area contributed by atoms with E-state index in [9.17, 15) is 13.2 Å². The average Bonchev–Trinajstić information content (AvgIpc) is 3.44. The predicted molar refractivity (Wildman–Crippen MR) is 114 cm³/mol. The second-order valence-electron chi connectivity index (χ2n) is 6.65. The zero-order valence-electron chi connectivity index (χ0n) is 16.1. The Morgan fingerprint density at radius 3 is 2.61 bits per heavy atom. The lowest BCUT2D eigenvalue weighted by Gasteiger charge is -2.13. The molecular formula is C19H29F3IN3O2. The number of nitrogens with one attached hydrogen (secondary N) is 2. The van der Waals surface area contributed by atoms with Gasteiger partial charge in [-0.3, -0.25) is 4.99 Å². The molecule has 1 aliphatic rings. The molecule has 2 rings (SSSR count). The minimum Gasteiger partial charge on any atom is -0.381 e. The highest BCUT2D eigenvalue weighted by atomic mass is 127. The van der Waals surface area contributed by atoms with E-state index >= 15 is 0 Å². The van der Waals surface area contributed by atoms with E-state index < -0.39 is 12.8 Å². The molecule has 1 saturated carbocycles. The third kappa shape index (κ3) is 11.7. The highest BCUT2D eigenvalue weighted by Crippen LogP contribution is 2.28. The van der Waals surface area contributed by atoms with Crippen LogP contribution in [-0.2, 0) is 22.6 Å². The van der Waals surface area contributed by atoms with Crippen LogP contribution in [0, 0.1) is 5.92 Å². The number of benzene rings is 1. The molecule has 0 radical (unpaired) electrons. The van der Waals surface area contributed by atoms with Gasteiger partial charge >= 0.3 is 6.18 Å². The lowest BCUT2D eigenvalue weighted by molar-refractivity contribution is -0.176. The first-order chi connectivity index (χ1) is 13.0. The lowest BCUT2D eigenvalue weighted by Crippen LogP contribution is -2.37. The number of rotatable bonds is 11. The summed E-state index contributed by atoms with van der Waals surface area (Å²) in [6.45, 7) is 1.58. The van der Waals surface area contributed by atoms with E-state index in [4.69, 9.17) is 9.47 Å². The van der Waals surface area contributed by atoms with Crippen molar-refractivity contribution in [2.45, 2.75) is 38.6 Å². The van der Waals surface area contributed by atoms with Gasteiger partial charge in [0.1, 0.15) is 6.61 Å². The van der Waals surface area contributed by atoms with E-state index in [0.717, 1.165) is 37.7 Å². The SMILES string of the molecule is CN=C(NCCCOCC1CC1)NCc1cccc(COCC(F)(F)F)c1.I. The van der Waals surface area contributed by atoms with Crippen LogP contribution in [-0.4, -0.2) is 45.5 Å². The van der Waals surface area contributed by atoms with Crippen LogP contribution in [0.1, 0.15) is 30.4 Å². The number of guanidine groups is 1. The van der Waals surface area contributed by atoms with Gasteiger partial charge in [0.05, 0.1) is 6.61 Å². The Morgan fingerprint density at radius 1 is 1.18 bits per heavy atom. The molecule has 160 valence electrons. The van der Waals surface area contributed by atoms with Gasteiger partial charge in [-0.2, -0.15) is 13.2 Å². The van der Waals surface area contributed by atoms with Crippen molar-refractivity contribution in [3.63, 3.8) is 0 Å². The minimum absolute atomic E-state index is 0. The first-order valence-electron chi connectivity index (χ1n) is 9.21. The van der Waals surface area contributed by atoms with Gasteiger partial charge in [-0.25, -0.2) is 0 Å². The van der Waals surface area contributed by atoms with Gasteiger partial charge in [0.2, 0.25) is 0 Å². The Kier molecular flexibility index (Phi) is 11.8. The number of alkyl halides is 3. The Labute approximate surface area is 181 Å². The minimum atomic E-state index is -4.31. The maximum absolute atomic E-state index is 12.1. The highest BCUT2D eigenvalue weighted by Gasteiger charge is 2.27. The number of hydrogen-bond acceptors (Lipinski definition) is 3. The third-order valence-corrected chi connectivity index (χ3v) is 4.02. The fourth-order valence-corrected chi connectivity index (χ4v) is 2.44. The van der Waals surface area contributed by atoms with Crippen molar-refractivity contribution >= 4 is 29.9 Å². The van der Waals surface area contributed by atoms with Crippen molar-refractivity contribution in [2.24, 2.45) is 10.9 Å². The van der Waals surface area contributed by atoms with Crippen LogP contribution in [0.4, 0.5) is 13.2 Å². The van der Waals surface area contributed by atoms with Crippen molar-refractivity contribution in [2.75, 3.05) is 33.4 Å². The molecule has 0 spiro atoms. The van der Waals surface area contributed by atoms with Crippen LogP contribution in [0.25, 0.3) is 0 Å². The van der Waals surface area contributed by atoms with Gasteiger partial charge in [0.15, 0.2) is 5.96 Å². The van der Waals surface area contributed by atoms with Gasteiger partial charge in [-0.1, -0.05) is 24.3 Å². The molecule has 1 aromatic carbocycles. The Morgan fingerprint density at radius 2 is 1.93 bits per heavy atom. The number of aliphatic imine (C=N–C) groups is 1. The van der Waals surface area contributed by atoms with Crippen LogP contribution >= 0.6 is 24.0 Å². The zero-order valence-corrected chi connectivity index (χ0v) is 18.4. The van der Waals surface area contributed by atoms with Crippen LogP contribution in [0.5, 0.6) is 0 Å². The normalized spacial score (nSPS) is 14.5. The molecule has 0 atom stereocenters. The summed E-state index contributed by atoms with van der Waals surface area (Å²) >= 11 is 0. The Balaban J connectivity index is 0.00000392. The monoisotopic (exact) mass is 515 g/mol. The molecule has 0 amide bonds. The molecule has 0 aliphatic heterocycles. The van der Waals surface area contributed by atoms with Crippen LogP contribution in [0.3, 0.4) is 0 Å². The Hall–Kier alpha value is -1.07. The van der Waals surface area contributed by atoms with E-state index in [2.05, 4.69) is 15.6 Å². The zero-order chi connectivity index (χ0) is 19.5. The largest absolute Gasteiger partial charge is 0.411 e. The molecule has 0 saturated heterocycles. The maximum Gasteiger partial charge on any atom is 0.411 e. The average molecular weight is 515 g/mol. The van der Waals surface area contributed by atoms with Gasteiger partial charge in [0.25, 0.3) is 0 Å². The Bertz CT molecular complexity index is 596. The van der Waals surface area contributed by atoms with Gasteiger partial charge in [-0.05, 0) is 36.3 Å². The molecular weight excluding hydrogens is 486 g/mol. The van der Waals surface area contributed by atoms with E-state index in [-0.39, 0.29) is 30.6 Å². The predicted octanol–water partition coefficient (Wildman–Crippen LogP) is 3.87. The summed E-state index contributed by atoms with van der Waals surface area (Å²) in [5, 5.41) is 6.41. The van der Waals surface area contributed by atoms with Gasteiger partial charge in [-0.15, -0.1) is 24.0 Å². The summed E-state index contributed by atoms with van der Waals surface area (Å²) < 4.78 is 46.7. The van der Waals surface area contributed by atoms with Crippen LogP contribution < -0.4 is 10.6 Å². The molecule has 5 nitrogen and oxygen atoms in total. The number of hydrogen-bond donors (Lipinski definition) is 2. The van der Waals surface area contributed by atoms with Gasteiger partial charge < -0.3 is 20.1 Å². The summed E-state index contributed by atoms with van der Waals surface area (Å²) in [4.78, 5) is 4.16. The summed E-state index contributed by atoms with van der Waals surface area (Å²) in [6.07, 6.45) is -0.811. The molecule has 2 N–H and O–H groups in total. The molecule has 1 aromatic rings. The molecule has 0 unspecified atom stereocenters. The molecule has 28 heavy (non-hydrogen) atoms. The summed E-state index contributed by atoms with van der Waals surface area (Å²) in [5.74, 6) is 1.46. The summed E-state index contributed by atoms with van der Waals surface area (Å²) in [6, 6.07) is 7.27. The number of nitrogens with zero attached hydrogens (tertiary/aromatic N) is 1. The molecule has 0 aromatic heterocycles. The van der Waals surface area contributed by atoms with Crippen molar-refractivity contribution in [1.29, 1.82) is 0 Å². The maximum atomic E-state index is 12.1.